The number of amides is 6. The summed E-state index contributed by atoms with van der Waals surface area (Å²) in [6.07, 6.45) is 38.3. The molecule has 3 aliphatic rings. The molecule has 19 heteroatoms. The third kappa shape index (κ3) is 36.2. The van der Waals surface area contributed by atoms with Gasteiger partial charge in [0.25, 0.3) is 0 Å². The topological polar surface area (TPSA) is 238 Å². The molecular formula is C77H126N6O12S. The van der Waals surface area contributed by atoms with Crippen molar-refractivity contribution in [2.75, 3.05) is 50.9 Å². The van der Waals surface area contributed by atoms with Crippen LogP contribution in [-0.4, -0.2) is 122 Å². The second-order valence-corrected chi connectivity index (χ2v) is 30.4. The Morgan fingerprint density at radius 3 is 1.42 bits per heavy atom. The highest BCUT2D eigenvalue weighted by atomic mass is 32.2. The molecule has 96 heavy (non-hydrogen) atoms. The number of nitrogens with one attached hydrogen (secondary N) is 6. The van der Waals surface area contributed by atoms with E-state index in [-0.39, 0.29) is 43.5 Å². The van der Waals surface area contributed by atoms with Gasteiger partial charge in [-0.1, -0.05) is 241 Å². The largest absolute Gasteiger partial charge is 0.460 e. The summed E-state index contributed by atoms with van der Waals surface area (Å²) in [6.45, 7) is 11.9. The number of carbonyl (C=O) groups excluding carboxylic acids is 7. The lowest BCUT2D eigenvalue weighted by Gasteiger charge is -2.25. The third-order valence-corrected chi connectivity index (χ3v) is 19.7. The van der Waals surface area contributed by atoms with E-state index in [1.165, 1.54) is 166 Å². The molecular weight excluding hydrogens is 1230 g/mol. The molecule has 542 valence electrons. The fourth-order valence-corrected chi connectivity index (χ4v) is 14.4. The Hall–Kier alpha value is -5.72. The number of esters is 2. The van der Waals surface area contributed by atoms with Crippen molar-refractivity contribution >= 4 is 53.9 Å². The van der Waals surface area contributed by atoms with Crippen LogP contribution in [0.3, 0.4) is 0 Å². The van der Waals surface area contributed by atoms with Crippen LogP contribution in [-0.2, 0) is 38.1 Å². The van der Waals surface area contributed by atoms with Crippen LogP contribution in [0.5, 0.6) is 0 Å². The van der Waals surface area contributed by atoms with Gasteiger partial charge in [-0.05, 0) is 108 Å². The molecule has 0 heterocycles. The Balaban J connectivity index is 1.09. The summed E-state index contributed by atoms with van der Waals surface area (Å²) in [5.41, 5.74) is 2.80. The van der Waals surface area contributed by atoms with Gasteiger partial charge in [-0.2, -0.15) is 11.8 Å². The van der Waals surface area contributed by atoms with Crippen molar-refractivity contribution in [3.05, 3.63) is 59.7 Å². The van der Waals surface area contributed by atoms with Gasteiger partial charge in [-0.15, -0.1) is 0 Å². The van der Waals surface area contributed by atoms with Gasteiger partial charge in [0.05, 0.1) is 0 Å². The average molecular weight is 1360 g/mol. The highest BCUT2D eigenvalue weighted by Gasteiger charge is 2.32. The van der Waals surface area contributed by atoms with E-state index in [1.54, 1.807) is 41.5 Å². The minimum absolute atomic E-state index is 0.00667. The van der Waals surface area contributed by atoms with E-state index in [0.29, 0.717) is 45.4 Å². The Morgan fingerprint density at radius 1 is 0.469 bits per heavy atom. The first-order valence-electron chi connectivity index (χ1n) is 37.6. The average Bonchev–Trinajstić information content (AvgIpc) is 1.63. The van der Waals surface area contributed by atoms with Gasteiger partial charge < -0.3 is 55.6 Å². The van der Waals surface area contributed by atoms with Crippen molar-refractivity contribution in [2.24, 2.45) is 11.8 Å². The monoisotopic (exact) mass is 1360 g/mol. The Morgan fingerprint density at radius 2 is 0.917 bits per heavy atom. The molecule has 0 bridgehead atoms. The summed E-state index contributed by atoms with van der Waals surface area (Å²) in [4.78, 5) is 92.6. The standard InChI is InChI=1S/C77H126N6O12S/c1-76(2,3)94-69(84)50-49-67(71(86)95-77(4,5)6)82-72(87)79-52-36-22-21-35-51-78-70(85)68(83-75(90)92-56-66-64-47-33-31-45-62(64)63-46-32-34-48-65(63)66)58-96-57-61(93-74(89)81-54-38-20-16-12-8-10-14-18-26-40-60-43-29-24-30-44-60)55-91-73(88)80-53-37-19-15-11-7-9-13-17-25-39-59-41-27-23-28-42-59/h31-34,45-48,59-61,66-68H,7-30,35-44,49-58H2,1-6H3,(H,78,85)(H,80,88)(H,81,89)(H,83,90)(H2,79,82,87)/t61?,67-,68-/m0/s1. The molecule has 2 aromatic carbocycles. The molecule has 2 fully saturated rings. The summed E-state index contributed by atoms with van der Waals surface area (Å²) >= 11 is 1.29. The van der Waals surface area contributed by atoms with E-state index in [0.717, 1.165) is 79.0 Å². The van der Waals surface area contributed by atoms with Crippen LogP contribution in [0.25, 0.3) is 11.1 Å². The number of urea groups is 1. The zero-order chi connectivity index (χ0) is 69.1. The van der Waals surface area contributed by atoms with Gasteiger partial charge in [-0.3, -0.25) is 9.59 Å². The van der Waals surface area contributed by atoms with Crippen LogP contribution in [0.15, 0.2) is 48.5 Å². The lowest BCUT2D eigenvalue weighted by molar-refractivity contribution is -0.158. The van der Waals surface area contributed by atoms with E-state index in [4.69, 9.17) is 23.7 Å². The minimum atomic E-state index is -1.06. The van der Waals surface area contributed by atoms with Crippen LogP contribution in [0.4, 0.5) is 19.2 Å². The first-order valence-corrected chi connectivity index (χ1v) is 38.8. The van der Waals surface area contributed by atoms with Crippen molar-refractivity contribution in [3.63, 3.8) is 0 Å². The van der Waals surface area contributed by atoms with E-state index in [2.05, 4.69) is 44.0 Å². The van der Waals surface area contributed by atoms with Crippen molar-refractivity contribution in [3.8, 4) is 11.1 Å². The number of benzene rings is 2. The molecule has 18 nitrogen and oxygen atoms in total. The minimum Gasteiger partial charge on any atom is -0.460 e. The van der Waals surface area contributed by atoms with Gasteiger partial charge in [0.15, 0.2) is 0 Å². The molecule has 3 aliphatic carbocycles. The fourth-order valence-electron chi connectivity index (χ4n) is 13.4. The van der Waals surface area contributed by atoms with E-state index >= 15 is 0 Å². The van der Waals surface area contributed by atoms with E-state index in [9.17, 15) is 33.6 Å². The number of ether oxygens (including phenoxy) is 5. The smallest absolute Gasteiger partial charge is 0.407 e. The Kier molecular flexibility index (Phi) is 39.9. The van der Waals surface area contributed by atoms with Gasteiger partial charge in [-0.25, -0.2) is 24.0 Å². The van der Waals surface area contributed by atoms with Crippen LogP contribution in [0.2, 0.25) is 0 Å². The van der Waals surface area contributed by atoms with Crippen LogP contribution >= 0.6 is 11.8 Å². The van der Waals surface area contributed by atoms with Crippen LogP contribution < -0.4 is 31.9 Å². The zero-order valence-electron chi connectivity index (χ0n) is 60.0. The second-order valence-electron chi connectivity index (χ2n) is 29.3. The van der Waals surface area contributed by atoms with Crippen molar-refractivity contribution in [1.82, 2.24) is 31.9 Å². The number of fused-ring (bicyclic) bond motifs is 3. The molecule has 2 saturated carbocycles. The van der Waals surface area contributed by atoms with Crippen LogP contribution in [0.1, 0.15) is 290 Å². The molecule has 0 aromatic heterocycles. The zero-order valence-corrected chi connectivity index (χ0v) is 60.8. The first kappa shape index (κ1) is 81.0. The van der Waals surface area contributed by atoms with Crippen molar-refractivity contribution in [1.29, 1.82) is 0 Å². The Bertz CT molecular complexity index is 2500. The van der Waals surface area contributed by atoms with Gasteiger partial charge in [0.2, 0.25) is 5.91 Å². The highest BCUT2D eigenvalue weighted by molar-refractivity contribution is 7.99. The summed E-state index contributed by atoms with van der Waals surface area (Å²) in [6, 6.07) is 13.5. The molecule has 0 radical (unpaired) electrons. The van der Waals surface area contributed by atoms with Gasteiger partial charge in [0.1, 0.15) is 42.6 Å². The summed E-state index contributed by atoms with van der Waals surface area (Å²) in [5, 5.41) is 17.0. The predicted molar refractivity (Wildman–Crippen MR) is 385 cm³/mol. The van der Waals surface area contributed by atoms with E-state index < -0.39 is 71.5 Å². The number of hydrogen-bond donors (Lipinski definition) is 6. The molecule has 2 aromatic rings. The maximum Gasteiger partial charge on any atom is 0.407 e. The molecule has 1 unspecified atom stereocenters. The molecule has 3 atom stereocenters. The first-order chi connectivity index (χ1) is 46.3. The lowest BCUT2D eigenvalue weighted by atomic mass is 9.85. The SMILES string of the molecule is CC(C)(C)OC(=O)CC[C@H](NC(=O)NCCCCCCNC(=O)[C@H](CSCC(COC(=O)NCCCCCCCCCCCC1CCCCC1)OC(=O)NCCCCCCCCCCCC1CCCCC1)NC(=O)OCC1c2ccccc2-c2ccccc21)C(=O)OC(C)(C)C. The number of alkyl carbamates (subject to hydrolysis) is 3. The number of carbonyl (C=O) groups is 7. The number of rotatable bonds is 47. The predicted octanol–water partition coefficient (Wildman–Crippen LogP) is 17.2. The number of hydrogen-bond acceptors (Lipinski definition) is 13. The molecule has 0 aliphatic heterocycles. The fraction of sp³-hybridized carbons (Fsp3) is 0.753. The van der Waals surface area contributed by atoms with Crippen LogP contribution in [0, 0.1) is 11.8 Å². The third-order valence-electron chi connectivity index (χ3n) is 18.5. The highest BCUT2D eigenvalue weighted by Crippen LogP contribution is 2.44. The maximum atomic E-state index is 14.0. The molecule has 0 saturated heterocycles. The molecule has 0 spiro atoms. The van der Waals surface area contributed by atoms with Crippen molar-refractivity contribution < 1.29 is 57.2 Å². The molecule has 6 amide bonds. The summed E-state index contributed by atoms with van der Waals surface area (Å²) in [5.74, 6) is 0.443. The van der Waals surface area contributed by atoms with Gasteiger partial charge in [0, 0.05) is 50.0 Å². The maximum absolute atomic E-state index is 14.0. The number of unbranched alkanes of at least 4 members (excludes halogenated alkanes) is 19. The van der Waals surface area contributed by atoms with Crippen molar-refractivity contribution in [2.45, 2.75) is 308 Å². The Labute approximate surface area is 581 Å². The molecule has 6 N–H and O–H groups in total. The summed E-state index contributed by atoms with van der Waals surface area (Å²) in [7, 11) is 0. The quantitative estimate of drug-likeness (QED) is 0.0206. The summed E-state index contributed by atoms with van der Waals surface area (Å²) < 4.78 is 28.4. The number of thioether (sulfide) groups is 1. The van der Waals surface area contributed by atoms with E-state index in [1.807, 2.05) is 36.4 Å². The molecule has 5 rings (SSSR count). The van der Waals surface area contributed by atoms with Gasteiger partial charge >= 0.3 is 36.2 Å². The lowest BCUT2D eigenvalue weighted by Crippen LogP contribution is -2.49. The second kappa shape index (κ2) is 47.3. The normalized spacial score (nSPS) is 15.2.